The molecule has 0 aliphatic heterocycles. The summed E-state index contributed by atoms with van der Waals surface area (Å²) in [7, 11) is 0. The van der Waals surface area contributed by atoms with E-state index in [0.717, 1.165) is 22.2 Å². The van der Waals surface area contributed by atoms with Crippen molar-refractivity contribution in [2.24, 2.45) is 5.73 Å². The molecule has 1 rings (SSSR count). The van der Waals surface area contributed by atoms with Crippen LogP contribution in [-0.4, -0.2) is 13.2 Å². The quantitative estimate of drug-likeness (QED) is 0.657. The molecule has 1 aromatic rings. The lowest BCUT2D eigenvalue weighted by Gasteiger charge is -2.08. The fourth-order valence-corrected chi connectivity index (χ4v) is 1.66. The van der Waals surface area contributed by atoms with Gasteiger partial charge in [-0.05, 0) is 36.7 Å². The first-order valence-corrected chi connectivity index (χ1v) is 5.62. The van der Waals surface area contributed by atoms with E-state index in [1.54, 1.807) is 0 Å². The first kappa shape index (κ1) is 12.1. The monoisotopic (exact) mass is 267 g/mol. The van der Waals surface area contributed by atoms with Crippen molar-refractivity contribution < 1.29 is 4.74 Å². The summed E-state index contributed by atoms with van der Waals surface area (Å²) in [6.45, 7) is 1.19. The van der Waals surface area contributed by atoms with Gasteiger partial charge in [0.2, 0.25) is 0 Å². The van der Waals surface area contributed by atoms with Crippen molar-refractivity contribution in [3.63, 3.8) is 0 Å². The van der Waals surface area contributed by atoms with Crippen LogP contribution in [-0.2, 0) is 6.42 Å². The number of terminal acetylenes is 1. The first-order chi connectivity index (χ1) is 7.27. The van der Waals surface area contributed by atoms with Crippen molar-refractivity contribution in [2.75, 3.05) is 13.2 Å². The highest BCUT2D eigenvalue weighted by molar-refractivity contribution is 9.10. The summed E-state index contributed by atoms with van der Waals surface area (Å²) in [5.41, 5.74) is 6.68. The average Bonchev–Trinajstić information content (AvgIpc) is 2.23. The Morgan fingerprint density at radius 2 is 2.27 bits per heavy atom. The number of ether oxygens (including phenoxy) is 1. The molecule has 2 N–H and O–H groups in total. The molecule has 0 heterocycles. The molecular weight excluding hydrogens is 254 g/mol. The second kappa shape index (κ2) is 6.49. The van der Waals surface area contributed by atoms with Gasteiger partial charge in [0.25, 0.3) is 0 Å². The van der Waals surface area contributed by atoms with Gasteiger partial charge in [-0.3, -0.25) is 0 Å². The molecule has 0 aromatic heterocycles. The Morgan fingerprint density at radius 1 is 1.47 bits per heavy atom. The normalized spacial score (nSPS) is 9.67. The summed E-state index contributed by atoms with van der Waals surface area (Å²) >= 11 is 3.47. The van der Waals surface area contributed by atoms with E-state index in [9.17, 15) is 0 Å². The summed E-state index contributed by atoms with van der Waals surface area (Å²) in [5.74, 6) is 3.38. The molecular formula is C12H14BrNO. The maximum Gasteiger partial charge on any atom is 0.119 e. The highest BCUT2D eigenvalue weighted by Gasteiger charge is 2.01. The van der Waals surface area contributed by atoms with Gasteiger partial charge in [-0.1, -0.05) is 15.9 Å². The molecule has 0 unspecified atom stereocenters. The lowest BCUT2D eigenvalue weighted by atomic mass is 10.1. The zero-order chi connectivity index (χ0) is 11.1. The number of benzene rings is 1. The fourth-order valence-electron chi connectivity index (χ4n) is 1.22. The van der Waals surface area contributed by atoms with Crippen molar-refractivity contribution in [1.29, 1.82) is 0 Å². The molecule has 0 fully saturated rings. The third-order valence-electron chi connectivity index (χ3n) is 1.95. The molecule has 1 aromatic carbocycles. The molecule has 15 heavy (non-hydrogen) atoms. The molecule has 0 saturated carbocycles. The van der Waals surface area contributed by atoms with Crippen LogP contribution >= 0.6 is 15.9 Å². The van der Waals surface area contributed by atoms with Crippen LogP contribution in [0.1, 0.15) is 12.0 Å². The zero-order valence-electron chi connectivity index (χ0n) is 8.50. The van der Waals surface area contributed by atoms with Crippen molar-refractivity contribution in [3.8, 4) is 18.1 Å². The molecule has 3 heteroatoms. The number of hydrogen-bond acceptors (Lipinski definition) is 2. The van der Waals surface area contributed by atoms with Crippen LogP contribution in [0.4, 0.5) is 0 Å². The second-order valence-electron chi connectivity index (χ2n) is 3.09. The van der Waals surface area contributed by atoms with Gasteiger partial charge in [0.15, 0.2) is 0 Å². The van der Waals surface area contributed by atoms with Crippen molar-refractivity contribution in [3.05, 3.63) is 28.2 Å². The van der Waals surface area contributed by atoms with Crippen LogP contribution in [0.2, 0.25) is 0 Å². The number of hydrogen-bond donors (Lipinski definition) is 1. The Labute approximate surface area is 98.9 Å². The first-order valence-electron chi connectivity index (χ1n) is 4.82. The lowest BCUT2D eigenvalue weighted by Crippen LogP contribution is -2.04. The van der Waals surface area contributed by atoms with E-state index >= 15 is 0 Å². The minimum absolute atomic E-state index is 0.556. The maximum absolute atomic E-state index is 5.51. The fraction of sp³-hybridized carbons (Fsp3) is 0.333. The molecule has 80 valence electrons. The van der Waals surface area contributed by atoms with E-state index in [1.807, 2.05) is 18.2 Å². The molecule has 0 atom stereocenters. The highest BCUT2D eigenvalue weighted by Crippen LogP contribution is 2.22. The van der Waals surface area contributed by atoms with Crippen LogP contribution < -0.4 is 10.5 Å². The van der Waals surface area contributed by atoms with E-state index in [0.29, 0.717) is 19.6 Å². The second-order valence-corrected chi connectivity index (χ2v) is 3.95. The van der Waals surface area contributed by atoms with E-state index in [2.05, 4.69) is 21.9 Å². The van der Waals surface area contributed by atoms with Crippen LogP contribution in [0.15, 0.2) is 22.7 Å². The Balaban J connectivity index is 2.66. The molecule has 0 aliphatic carbocycles. The SMILES string of the molecule is C#CCCOc1ccc(Br)c(CCN)c1. The number of rotatable bonds is 5. The largest absolute Gasteiger partial charge is 0.493 e. The maximum atomic E-state index is 5.51. The van der Waals surface area contributed by atoms with Gasteiger partial charge in [-0.2, -0.15) is 0 Å². The third kappa shape index (κ3) is 3.94. The summed E-state index contributed by atoms with van der Waals surface area (Å²) in [4.78, 5) is 0. The zero-order valence-corrected chi connectivity index (χ0v) is 10.1. The summed E-state index contributed by atoms with van der Waals surface area (Å²) in [6.07, 6.45) is 6.61. The van der Waals surface area contributed by atoms with Gasteiger partial charge in [0.1, 0.15) is 5.75 Å². The topological polar surface area (TPSA) is 35.2 Å². The summed E-state index contributed by atoms with van der Waals surface area (Å²) in [6, 6.07) is 5.88. The minimum atomic E-state index is 0.556. The molecule has 0 spiro atoms. The van der Waals surface area contributed by atoms with Crippen molar-refractivity contribution in [2.45, 2.75) is 12.8 Å². The number of nitrogens with two attached hydrogens (primary N) is 1. The highest BCUT2D eigenvalue weighted by atomic mass is 79.9. The Hall–Kier alpha value is -0.980. The summed E-state index contributed by atoms with van der Waals surface area (Å²) < 4.78 is 6.55. The van der Waals surface area contributed by atoms with Gasteiger partial charge in [-0.25, -0.2) is 0 Å². The molecule has 0 radical (unpaired) electrons. The predicted molar refractivity (Wildman–Crippen MR) is 65.8 cm³/mol. The molecule has 0 amide bonds. The van der Waals surface area contributed by atoms with Gasteiger partial charge in [0, 0.05) is 10.9 Å². The molecule has 0 bridgehead atoms. The van der Waals surface area contributed by atoms with Gasteiger partial charge < -0.3 is 10.5 Å². The minimum Gasteiger partial charge on any atom is -0.493 e. The Bertz CT molecular complexity index is 357. The van der Waals surface area contributed by atoms with E-state index in [4.69, 9.17) is 16.9 Å². The lowest BCUT2D eigenvalue weighted by molar-refractivity contribution is 0.327. The Morgan fingerprint density at radius 3 is 2.93 bits per heavy atom. The standard InChI is InChI=1S/C12H14BrNO/c1-2-3-8-15-11-4-5-12(13)10(9-11)6-7-14/h1,4-5,9H,3,6-8,14H2. The van der Waals surface area contributed by atoms with Crippen LogP contribution in [0.3, 0.4) is 0 Å². The van der Waals surface area contributed by atoms with Gasteiger partial charge in [-0.15, -0.1) is 12.3 Å². The van der Waals surface area contributed by atoms with Gasteiger partial charge >= 0.3 is 0 Å². The van der Waals surface area contributed by atoms with E-state index < -0.39 is 0 Å². The predicted octanol–water partition coefficient (Wildman–Crippen LogP) is 2.35. The van der Waals surface area contributed by atoms with Crippen molar-refractivity contribution in [1.82, 2.24) is 0 Å². The molecule has 0 saturated heterocycles. The van der Waals surface area contributed by atoms with Crippen LogP contribution in [0.5, 0.6) is 5.75 Å². The van der Waals surface area contributed by atoms with Crippen LogP contribution in [0.25, 0.3) is 0 Å². The smallest absolute Gasteiger partial charge is 0.119 e. The third-order valence-corrected chi connectivity index (χ3v) is 2.72. The van der Waals surface area contributed by atoms with E-state index in [-0.39, 0.29) is 0 Å². The van der Waals surface area contributed by atoms with Gasteiger partial charge in [0.05, 0.1) is 6.61 Å². The summed E-state index contributed by atoms with van der Waals surface area (Å²) in [5, 5.41) is 0. The molecule has 2 nitrogen and oxygen atoms in total. The van der Waals surface area contributed by atoms with Crippen molar-refractivity contribution >= 4 is 15.9 Å². The van der Waals surface area contributed by atoms with E-state index in [1.165, 1.54) is 0 Å². The number of halogens is 1. The van der Waals surface area contributed by atoms with Crippen LogP contribution in [0, 0.1) is 12.3 Å². The Kier molecular flexibility index (Phi) is 5.23. The average molecular weight is 268 g/mol. The molecule has 0 aliphatic rings.